The molecule has 3 fully saturated rings. The number of piperidine rings is 3. The predicted octanol–water partition coefficient (Wildman–Crippen LogP) is 6.71. The summed E-state index contributed by atoms with van der Waals surface area (Å²) >= 11 is 0. The zero-order valence-corrected chi connectivity index (χ0v) is 33.1. The maximum atomic E-state index is 12.9. The third-order valence-corrected chi connectivity index (χ3v) is 11.4. The molecule has 3 saturated heterocycles. The largest absolute Gasteiger partial charge is 0.506 e. The zero-order valence-electron chi connectivity index (χ0n) is 33.1. The molecule has 3 unspecified atom stereocenters. The Morgan fingerprint density at radius 2 is 1.58 bits per heavy atom. The van der Waals surface area contributed by atoms with Crippen LogP contribution in [0.1, 0.15) is 62.2 Å². The van der Waals surface area contributed by atoms with Crippen LogP contribution in [0.25, 0.3) is 10.9 Å². The molecule has 9 rings (SSSR count). The highest BCUT2D eigenvalue weighted by Gasteiger charge is 2.43. The Hall–Kier alpha value is -6.47. The van der Waals surface area contributed by atoms with Gasteiger partial charge in [0.15, 0.2) is 0 Å². The summed E-state index contributed by atoms with van der Waals surface area (Å²) in [7, 11) is 0. The third-order valence-electron chi connectivity index (χ3n) is 11.4. The van der Waals surface area contributed by atoms with Gasteiger partial charge in [0.25, 0.3) is 0 Å². The summed E-state index contributed by atoms with van der Waals surface area (Å²) < 4.78 is 17.6. The van der Waals surface area contributed by atoms with Gasteiger partial charge in [-0.1, -0.05) is 84.9 Å². The van der Waals surface area contributed by atoms with Gasteiger partial charge in [-0.15, -0.1) is 0 Å². The molecule has 5 aromatic carbocycles. The molecule has 4 heterocycles. The van der Waals surface area contributed by atoms with E-state index in [0.717, 1.165) is 48.3 Å². The fraction of sp³-hybridized carbons (Fsp3) is 0.271. The Morgan fingerprint density at radius 1 is 0.800 bits per heavy atom. The van der Waals surface area contributed by atoms with Crippen LogP contribution in [0.15, 0.2) is 132 Å². The molecular weight excluding hydrogens is 761 g/mol. The summed E-state index contributed by atoms with van der Waals surface area (Å²) in [6.45, 7) is 4.20. The maximum absolute atomic E-state index is 12.9. The van der Waals surface area contributed by atoms with E-state index in [1.807, 2.05) is 66.7 Å². The Bertz CT molecular complexity index is 2490. The van der Waals surface area contributed by atoms with Crippen molar-refractivity contribution in [3.05, 3.63) is 177 Å². The number of aliphatic hydroxyl groups excluding tert-OH is 1. The number of carbonyl (C=O) groups excluding carboxylic acids is 2. The van der Waals surface area contributed by atoms with Gasteiger partial charge in [0.2, 0.25) is 5.56 Å². The molecule has 1 aromatic heterocycles. The minimum Gasteiger partial charge on any atom is -0.506 e. The first-order valence-corrected chi connectivity index (χ1v) is 20.3. The van der Waals surface area contributed by atoms with E-state index in [9.17, 15) is 24.6 Å². The smallest absolute Gasteiger partial charge is 0.407 e. The molecule has 2 bridgehead atoms. The van der Waals surface area contributed by atoms with Crippen molar-refractivity contribution in [2.24, 2.45) is 5.92 Å². The first-order valence-electron chi connectivity index (χ1n) is 20.3. The standard InChI is InChI=1S/C48H48N4O8/c53-42-18-16-38(40-17-19-45(55)51-46(40)42)43(54)26-49-24-32-6-4-8-34(22-32)30-59-47(56)36-14-12-31(13-15-36)29-58-37-11-5-7-33(23-37)25-50-48(57)60-44-28-52-21-20-39(44)41(27-52)35-9-2-1-3-10-35/h1-19,22-23,39,41,43-44,49,53-54H,20-21,24-30H2,(H,50,57)(H,51,55)/t39?,41?,43-,44+/m0/s1. The van der Waals surface area contributed by atoms with Crippen molar-refractivity contribution in [2.45, 2.75) is 50.8 Å². The van der Waals surface area contributed by atoms with E-state index < -0.39 is 18.2 Å². The number of phenols is 1. The average Bonchev–Trinajstić information content (AvgIpc) is 3.28. The highest BCUT2D eigenvalue weighted by Crippen LogP contribution is 2.40. The fourth-order valence-electron chi connectivity index (χ4n) is 8.29. The lowest BCUT2D eigenvalue weighted by atomic mass is 9.74. The van der Waals surface area contributed by atoms with E-state index in [2.05, 4.69) is 44.8 Å². The second-order valence-electron chi connectivity index (χ2n) is 15.5. The number of aliphatic hydroxyl groups is 1. The molecule has 0 spiro atoms. The van der Waals surface area contributed by atoms with Crippen molar-refractivity contribution < 1.29 is 34.0 Å². The minimum absolute atomic E-state index is 0.0616. The summed E-state index contributed by atoms with van der Waals surface area (Å²) in [5.74, 6) is 0.827. The molecule has 12 nitrogen and oxygen atoms in total. The van der Waals surface area contributed by atoms with Crippen LogP contribution in [0.5, 0.6) is 11.5 Å². The molecule has 6 aromatic rings. The van der Waals surface area contributed by atoms with Gasteiger partial charge in [-0.3, -0.25) is 9.69 Å². The highest BCUT2D eigenvalue weighted by molar-refractivity contribution is 5.89. The van der Waals surface area contributed by atoms with Crippen molar-refractivity contribution in [3.8, 4) is 11.5 Å². The van der Waals surface area contributed by atoms with E-state index in [1.54, 1.807) is 24.3 Å². The van der Waals surface area contributed by atoms with Gasteiger partial charge in [-0.2, -0.15) is 0 Å². The van der Waals surface area contributed by atoms with E-state index >= 15 is 0 Å². The van der Waals surface area contributed by atoms with Gasteiger partial charge in [-0.05, 0) is 82.7 Å². The van der Waals surface area contributed by atoms with Crippen molar-refractivity contribution >= 4 is 23.0 Å². The minimum atomic E-state index is -0.881. The van der Waals surface area contributed by atoms with E-state index in [-0.39, 0.29) is 36.1 Å². The molecule has 12 heteroatoms. The van der Waals surface area contributed by atoms with Crippen LogP contribution in [-0.2, 0) is 35.8 Å². The number of amides is 1. The number of esters is 1. The number of aromatic hydroxyl groups is 1. The lowest BCUT2D eigenvalue weighted by Crippen LogP contribution is -2.56. The van der Waals surface area contributed by atoms with E-state index in [1.165, 1.54) is 17.7 Å². The number of aromatic amines is 1. The van der Waals surface area contributed by atoms with Crippen LogP contribution >= 0.6 is 0 Å². The Morgan fingerprint density at radius 3 is 2.40 bits per heavy atom. The Kier molecular flexibility index (Phi) is 12.5. The number of carbonyl (C=O) groups is 2. The van der Waals surface area contributed by atoms with Gasteiger partial charge in [0.1, 0.15) is 30.8 Å². The van der Waals surface area contributed by atoms with Gasteiger partial charge >= 0.3 is 12.1 Å². The SMILES string of the molecule is O=C(NCc1cccc(OCc2ccc(C(=O)OCc3cccc(CNC[C@H](O)c4ccc(O)c5[nH]c(=O)ccc45)c3)cc2)c1)O[C@@H]1CN2CCC1C(c1ccccc1)C2. The number of alkyl carbamates (subject to hydrolysis) is 1. The van der Waals surface area contributed by atoms with Crippen LogP contribution in [0, 0.1) is 5.92 Å². The Balaban J connectivity index is 0.761. The monoisotopic (exact) mass is 808 g/mol. The second kappa shape index (κ2) is 18.6. The lowest BCUT2D eigenvalue weighted by molar-refractivity contribution is -0.0459. The molecule has 1 amide bonds. The number of ether oxygens (including phenoxy) is 3. The van der Waals surface area contributed by atoms with Gasteiger partial charge < -0.3 is 40.0 Å². The molecule has 3 aliphatic rings. The van der Waals surface area contributed by atoms with Gasteiger partial charge in [0.05, 0.1) is 17.2 Å². The number of nitrogens with one attached hydrogen (secondary N) is 3. The maximum Gasteiger partial charge on any atom is 0.407 e. The average molecular weight is 809 g/mol. The molecule has 5 atom stereocenters. The number of phenolic OH excluding ortho intramolecular Hbond substituents is 1. The number of H-pyrrole nitrogens is 1. The zero-order chi connectivity index (χ0) is 41.4. The molecule has 60 heavy (non-hydrogen) atoms. The highest BCUT2D eigenvalue weighted by atomic mass is 16.6. The molecule has 3 aliphatic heterocycles. The molecule has 0 aliphatic carbocycles. The number of rotatable bonds is 15. The quantitative estimate of drug-likeness (QED) is 0.0706. The van der Waals surface area contributed by atoms with Crippen molar-refractivity contribution in [1.82, 2.24) is 20.5 Å². The summed E-state index contributed by atoms with van der Waals surface area (Å²) in [6, 6.07) is 38.8. The molecule has 0 radical (unpaired) electrons. The normalized spacial score (nSPS) is 18.8. The number of hydrogen-bond acceptors (Lipinski definition) is 10. The van der Waals surface area contributed by atoms with Gasteiger partial charge in [-0.25, -0.2) is 9.59 Å². The second-order valence-corrected chi connectivity index (χ2v) is 15.5. The number of aromatic nitrogens is 1. The van der Waals surface area contributed by atoms with Crippen LogP contribution in [-0.4, -0.2) is 64.4 Å². The topological polar surface area (TPSA) is 162 Å². The van der Waals surface area contributed by atoms with Crippen LogP contribution < -0.4 is 20.9 Å². The molecule has 0 saturated carbocycles. The van der Waals surface area contributed by atoms with Crippen molar-refractivity contribution in [2.75, 3.05) is 26.2 Å². The van der Waals surface area contributed by atoms with Crippen molar-refractivity contribution in [3.63, 3.8) is 0 Å². The summed E-state index contributed by atoms with van der Waals surface area (Å²) in [4.78, 5) is 42.5. The van der Waals surface area contributed by atoms with E-state index in [0.29, 0.717) is 53.8 Å². The number of benzene rings is 5. The van der Waals surface area contributed by atoms with Gasteiger partial charge in [0, 0.05) is 56.0 Å². The molecule has 5 N–H and O–H groups in total. The van der Waals surface area contributed by atoms with Crippen molar-refractivity contribution in [1.29, 1.82) is 0 Å². The molecular formula is C48H48N4O8. The first-order chi connectivity index (χ1) is 29.3. The number of fused-ring (bicyclic) bond motifs is 4. The van der Waals surface area contributed by atoms with Crippen LogP contribution in [0.3, 0.4) is 0 Å². The fourth-order valence-corrected chi connectivity index (χ4v) is 8.29. The predicted molar refractivity (Wildman–Crippen MR) is 227 cm³/mol. The number of pyridine rings is 1. The summed E-state index contributed by atoms with van der Waals surface area (Å²) in [5.41, 5.74) is 5.79. The summed E-state index contributed by atoms with van der Waals surface area (Å²) in [6.07, 6.45) is -0.417. The Labute approximate surface area is 347 Å². The number of hydrogen-bond donors (Lipinski definition) is 5. The lowest BCUT2D eigenvalue weighted by Gasteiger charge is -2.49. The van der Waals surface area contributed by atoms with Crippen LogP contribution in [0.4, 0.5) is 4.79 Å². The molecule has 308 valence electrons. The first kappa shape index (κ1) is 40.3. The van der Waals surface area contributed by atoms with Crippen LogP contribution in [0.2, 0.25) is 0 Å². The number of nitrogens with zero attached hydrogens (tertiary/aromatic N) is 1. The third kappa shape index (κ3) is 9.86. The van der Waals surface area contributed by atoms with E-state index in [4.69, 9.17) is 14.2 Å². The summed E-state index contributed by atoms with van der Waals surface area (Å²) in [5, 5.41) is 27.7.